The van der Waals surface area contributed by atoms with Gasteiger partial charge in [0.05, 0.1) is 18.2 Å². The maximum absolute atomic E-state index is 13.6. The second-order valence-electron chi connectivity index (χ2n) is 3.64. The number of benzene rings is 1. The number of hydrogen-bond donors (Lipinski definition) is 1. The van der Waals surface area contributed by atoms with Gasteiger partial charge in [0.2, 0.25) is 0 Å². The molecule has 2 N–H and O–H groups in total. The Morgan fingerprint density at radius 1 is 1.56 bits per heavy atom. The van der Waals surface area contributed by atoms with E-state index in [4.69, 9.17) is 26.6 Å². The molecule has 18 heavy (non-hydrogen) atoms. The number of ether oxygens (including phenoxy) is 1. The van der Waals surface area contributed by atoms with Gasteiger partial charge in [-0.25, -0.2) is 4.39 Å². The van der Waals surface area contributed by atoms with Crippen LogP contribution in [0.1, 0.15) is 11.9 Å². The summed E-state index contributed by atoms with van der Waals surface area (Å²) in [5.41, 5.74) is 5.88. The number of rotatable bonds is 4. The summed E-state index contributed by atoms with van der Waals surface area (Å²) < 4.78 is 23.4. The van der Waals surface area contributed by atoms with Gasteiger partial charge in [0, 0.05) is 12.1 Å². The molecule has 5 nitrogen and oxygen atoms in total. The Morgan fingerprint density at radius 2 is 2.33 bits per heavy atom. The van der Waals surface area contributed by atoms with Gasteiger partial charge in [0.1, 0.15) is 5.82 Å². The molecule has 0 saturated heterocycles. The second kappa shape index (κ2) is 5.43. The summed E-state index contributed by atoms with van der Waals surface area (Å²) >= 11 is 5.78. The van der Waals surface area contributed by atoms with Crippen molar-refractivity contribution in [2.75, 3.05) is 13.7 Å². The first-order valence-electron chi connectivity index (χ1n) is 5.15. The fraction of sp³-hybridized carbons (Fsp3) is 0.273. The Morgan fingerprint density at radius 3 is 3.06 bits per heavy atom. The van der Waals surface area contributed by atoms with Crippen molar-refractivity contribution in [2.45, 2.75) is 6.04 Å². The van der Waals surface area contributed by atoms with E-state index in [2.05, 4.69) is 10.1 Å². The molecule has 2 rings (SSSR count). The van der Waals surface area contributed by atoms with E-state index in [0.717, 1.165) is 0 Å². The fourth-order valence-electron chi connectivity index (χ4n) is 1.41. The lowest BCUT2D eigenvalue weighted by Crippen LogP contribution is -2.17. The van der Waals surface area contributed by atoms with E-state index in [1.54, 1.807) is 0 Å². The van der Waals surface area contributed by atoms with Crippen LogP contribution in [-0.4, -0.2) is 23.9 Å². The van der Waals surface area contributed by atoms with Crippen LogP contribution in [0.3, 0.4) is 0 Å². The molecule has 0 amide bonds. The van der Waals surface area contributed by atoms with Crippen molar-refractivity contribution in [3.8, 4) is 11.5 Å². The molecule has 0 bridgehead atoms. The van der Waals surface area contributed by atoms with Crippen LogP contribution >= 0.6 is 11.6 Å². The third kappa shape index (κ3) is 2.66. The Hall–Kier alpha value is -1.50. The smallest absolute Gasteiger partial charge is 0.261 e. The highest BCUT2D eigenvalue weighted by atomic mass is 35.5. The van der Waals surface area contributed by atoms with Crippen LogP contribution in [0.5, 0.6) is 0 Å². The first kappa shape index (κ1) is 12.9. The van der Waals surface area contributed by atoms with E-state index >= 15 is 0 Å². The van der Waals surface area contributed by atoms with Crippen LogP contribution in [0.4, 0.5) is 4.39 Å². The molecule has 0 aliphatic heterocycles. The van der Waals surface area contributed by atoms with E-state index < -0.39 is 11.9 Å². The van der Waals surface area contributed by atoms with Gasteiger partial charge in [-0.3, -0.25) is 0 Å². The van der Waals surface area contributed by atoms with Crippen LogP contribution in [0.2, 0.25) is 5.02 Å². The highest BCUT2D eigenvalue weighted by molar-refractivity contribution is 6.30. The summed E-state index contributed by atoms with van der Waals surface area (Å²) in [4.78, 5) is 4.02. The summed E-state index contributed by atoms with van der Waals surface area (Å²) in [5, 5.41) is 4.06. The molecule has 0 radical (unpaired) electrons. The Kier molecular flexibility index (Phi) is 3.90. The molecule has 0 fully saturated rings. The summed E-state index contributed by atoms with van der Waals surface area (Å²) in [6.45, 7) is 0.247. The lowest BCUT2D eigenvalue weighted by atomic mass is 10.2. The predicted molar refractivity (Wildman–Crippen MR) is 63.5 cm³/mol. The minimum Gasteiger partial charge on any atom is -0.383 e. The Bertz CT molecular complexity index is 547. The molecule has 0 aliphatic carbocycles. The van der Waals surface area contributed by atoms with Crippen LogP contribution in [0.25, 0.3) is 11.5 Å². The number of nitrogens with two attached hydrogens (primary N) is 1. The van der Waals surface area contributed by atoms with Crippen LogP contribution in [0.15, 0.2) is 22.7 Å². The van der Waals surface area contributed by atoms with Crippen molar-refractivity contribution in [3.63, 3.8) is 0 Å². The first-order valence-corrected chi connectivity index (χ1v) is 5.53. The average Bonchev–Trinajstić information content (AvgIpc) is 2.82. The SMILES string of the molecule is COCC(N)c1noc(-c2cc(Cl)ccc2F)n1. The van der Waals surface area contributed by atoms with Crippen LogP contribution < -0.4 is 5.73 Å². The van der Waals surface area contributed by atoms with Gasteiger partial charge in [-0.1, -0.05) is 16.8 Å². The topological polar surface area (TPSA) is 74.2 Å². The highest BCUT2D eigenvalue weighted by Gasteiger charge is 2.17. The van der Waals surface area contributed by atoms with Crippen molar-refractivity contribution < 1.29 is 13.7 Å². The zero-order valence-corrected chi connectivity index (χ0v) is 10.3. The molecule has 1 atom stereocenters. The summed E-state index contributed by atoms with van der Waals surface area (Å²) in [7, 11) is 1.51. The Balaban J connectivity index is 2.32. The van der Waals surface area contributed by atoms with Gasteiger partial charge in [0.15, 0.2) is 5.82 Å². The number of hydrogen-bond acceptors (Lipinski definition) is 5. The molecule has 1 aromatic heterocycles. The third-order valence-electron chi connectivity index (χ3n) is 2.28. The number of nitrogens with zero attached hydrogens (tertiary/aromatic N) is 2. The van der Waals surface area contributed by atoms with Gasteiger partial charge in [-0.2, -0.15) is 4.98 Å². The van der Waals surface area contributed by atoms with E-state index in [-0.39, 0.29) is 23.9 Å². The quantitative estimate of drug-likeness (QED) is 0.922. The number of halogens is 2. The van der Waals surface area contributed by atoms with E-state index in [9.17, 15) is 4.39 Å². The largest absolute Gasteiger partial charge is 0.383 e. The molecular formula is C11H11ClFN3O2. The first-order chi connectivity index (χ1) is 8.61. The predicted octanol–water partition coefficient (Wildman–Crippen LogP) is 2.18. The van der Waals surface area contributed by atoms with E-state index in [0.29, 0.717) is 5.02 Å². The third-order valence-corrected chi connectivity index (χ3v) is 2.51. The molecule has 0 saturated carbocycles. The van der Waals surface area contributed by atoms with Crippen molar-refractivity contribution in [1.82, 2.24) is 10.1 Å². The average molecular weight is 272 g/mol. The van der Waals surface area contributed by atoms with Crippen LogP contribution in [-0.2, 0) is 4.74 Å². The standard InChI is InChI=1S/C11H11ClFN3O2/c1-17-5-9(14)10-15-11(18-16-10)7-4-6(12)2-3-8(7)13/h2-4,9H,5,14H2,1H3. The fourth-order valence-corrected chi connectivity index (χ4v) is 1.58. The van der Waals surface area contributed by atoms with Crippen molar-refractivity contribution in [2.24, 2.45) is 5.73 Å². The monoisotopic (exact) mass is 271 g/mol. The van der Waals surface area contributed by atoms with Gasteiger partial charge >= 0.3 is 0 Å². The highest BCUT2D eigenvalue weighted by Crippen LogP contribution is 2.25. The van der Waals surface area contributed by atoms with Crippen molar-refractivity contribution in [1.29, 1.82) is 0 Å². The van der Waals surface area contributed by atoms with Crippen molar-refractivity contribution in [3.05, 3.63) is 34.9 Å². The lowest BCUT2D eigenvalue weighted by Gasteiger charge is -2.03. The molecule has 0 aliphatic rings. The van der Waals surface area contributed by atoms with E-state index in [1.807, 2.05) is 0 Å². The van der Waals surface area contributed by atoms with Gasteiger partial charge < -0.3 is 15.0 Å². The molecule has 0 spiro atoms. The summed E-state index contributed by atoms with van der Waals surface area (Å²) in [6.07, 6.45) is 0. The summed E-state index contributed by atoms with van der Waals surface area (Å²) in [5.74, 6) is -0.197. The molecule has 7 heteroatoms. The zero-order valence-electron chi connectivity index (χ0n) is 9.56. The van der Waals surface area contributed by atoms with Crippen molar-refractivity contribution >= 4 is 11.6 Å². The second-order valence-corrected chi connectivity index (χ2v) is 4.08. The summed E-state index contributed by atoms with van der Waals surface area (Å²) in [6, 6.07) is 3.57. The minimum absolute atomic E-state index is 0.0385. The number of methoxy groups -OCH3 is 1. The van der Waals surface area contributed by atoms with Gasteiger partial charge in [-0.15, -0.1) is 0 Å². The Labute approximate surface area is 108 Å². The lowest BCUT2D eigenvalue weighted by molar-refractivity contribution is 0.177. The molecular weight excluding hydrogens is 261 g/mol. The molecule has 96 valence electrons. The van der Waals surface area contributed by atoms with Gasteiger partial charge in [0.25, 0.3) is 5.89 Å². The maximum Gasteiger partial charge on any atom is 0.261 e. The molecule has 1 unspecified atom stereocenters. The normalized spacial score (nSPS) is 12.7. The molecule has 1 aromatic carbocycles. The molecule has 2 aromatic rings. The maximum atomic E-state index is 13.6. The van der Waals surface area contributed by atoms with Crippen LogP contribution in [0, 0.1) is 5.82 Å². The van der Waals surface area contributed by atoms with E-state index in [1.165, 1.54) is 25.3 Å². The number of aromatic nitrogens is 2. The zero-order chi connectivity index (χ0) is 13.1. The van der Waals surface area contributed by atoms with Gasteiger partial charge in [-0.05, 0) is 18.2 Å². The minimum atomic E-state index is -0.519. The molecule has 1 heterocycles.